The first-order valence-electron chi connectivity index (χ1n) is 21.4. The van der Waals surface area contributed by atoms with Gasteiger partial charge in [0.25, 0.3) is 0 Å². The van der Waals surface area contributed by atoms with Crippen LogP contribution in [-0.4, -0.2) is 129 Å². The van der Waals surface area contributed by atoms with Crippen LogP contribution in [0.25, 0.3) is 0 Å². The SMILES string of the molecule is C=C(CCC=C(C)C)C1CCC2(C)C1C(O)CC1C3(C)CCC(OC4OC(CO)C(O)C(O)C4OC4OC(COC(C)=O)C(O)C(O)C4O)C(C)(C)C3CCC12C. The topological polar surface area (TPSA) is 205 Å². The molecule has 326 valence electrons. The number of hydrogen-bond acceptors (Lipinski definition) is 13. The minimum atomic E-state index is -1.78. The Hall–Kier alpha value is -1.49. The molecule has 0 aromatic rings. The Morgan fingerprint density at radius 2 is 1.42 bits per heavy atom. The highest BCUT2D eigenvalue weighted by molar-refractivity contribution is 5.65. The Labute approximate surface area is 338 Å². The third kappa shape index (κ3) is 7.83. The van der Waals surface area contributed by atoms with Gasteiger partial charge < -0.3 is 59.4 Å². The third-order valence-electron chi connectivity index (χ3n) is 16.4. The summed E-state index contributed by atoms with van der Waals surface area (Å²) >= 11 is 0. The standard InChI is InChI=1S/C44H72O13/c1-22(2)11-10-12-23(3)25-13-17-44(9)32(25)26(47)19-30-42(7)16-15-31(41(5,6)29(42)14-18-43(30,44)8)56-40-38(36(51)33(48)27(20-45)54-40)57-39-37(52)35(50)34(49)28(55-39)21-53-24(4)46/h11,25-40,45,47-52H,3,10,12-21H2,1-2,4-9H3. The Morgan fingerprint density at radius 1 is 0.772 bits per heavy atom. The lowest BCUT2D eigenvalue weighted by atomic mass is 9.35. The second kappa shape index (κ2) is 16.8. The molecule has 7 N–H and O–H groups in total. The van der Waals surface area contributed by atoms with E-state index >= 15 is 0 Å². The van der Waals surface area contributed by atoms with Crippen molar-refractivity contribution in [1.82, 2.24) is 0 Å². The molecule has 13 heteroatoms. The number of aliphatic hydroxyl groups excluding tert-OH is 7. The quantitative estimate of drug-likeness (QED) is 0.0909. The van der Waals surface area contributed by atoms with Crippen LogP contribution < -0.4 is 0 Å². The zero-order chi connectivity index (χ0) is 42.0. The molecular weight excluding hydrogens is 736 g/mol. The Balaban J connectivity index is 1.21. The van der Waals surface area contributed by atoms with Gasteiger partial charge in [0.15, 0.2) is 12.6 Å². The van der Waals surface area contributed by atoms with E-state index in [1.165, 1.54) is 18.1 Å². The van der Waals surface area contributed by atoms with Crippen molar-refractivity contribution in [2.24, 2.45) is 45.3 Å². The third-order valence-corrected chi connectivity index (χ3v) is 16.4. The molecule has 0 radical (unpaired) electrons. The van der Waals surface area contributed by atoms with Crippen molar-refractivity contribution in [2.45, 2.75) is 187 Å². The molecule has 2 saturated heterocycles. The van der Waals surface area contributed by atoms with Crippen LogP contribution in [0.2, 0.25) is 0 Å². The molecule has 0 aromatic carbocycles. The number of carbonyl (C=O) groups excluding carboxylic acids is 1. The molecule has 4 saturated carbocycles. The fourth-order valence-corrected chi connectivity index (χ4v) is 13.2. The van der Waals surface area contributed by atoms with Crippen molar-refractivity contribution >= 4 is 5.97 Å². The van der Waals surface area contributed by atoms with E-state index in [-0.39, 0.29) is 34.0 Å². The van der Waals surface area contributed by atoms with Gasteiger partial charge in [-0.1, -0.05) is 58.4 Å². The highest BCUT2D eigenvalue weighted by Gasteiger charge is 2.70. The van der Waals surface area contributed by atoms with Crippen molar-refractivity contribution in [1.29, 1.82) is 0 Å². The molecule has 19 unspecified atom stereocenters. The summed E-state index contributed by atoms with van der Waals surface area (Å²) in [7, 11) is 0. The molecule has 2 heterocycles. The van der Waals surface area contributed by atoms with Crippen molar-refractivity contribution in [3.05, 3.63) is 23.8 Å². The van der Waals surface area contributed by atoms with Gasteiger partial charge in [0, 0.05) is 6.92 Å². The number of fused-ring (bicyclic) bond motifs is 5. The normalized spacial score (nSPS) is 49.2. The van der Waals surface area contributed by atoms with Crippen LogP contribution in [0, 0.1) is 45.3 Å². The lowest BCUT2D eigenvalue weighted by Gasteiger charge is -2.70. The van der Waals surface area contributed by atoms with E-state index in [0.717, 1.165) is 51.4 Å². The van der Waals surface area contributed by atoms with Crippen LogP contribution >= 0.6 is 0 Å². The lowest BCUT2D eigenvalue weighted by Crippen LogP contribution is -2.67. The molecular formula is C44H72O13. The monoisotopic (exact) mass is 808 g/mol. The summed E-state index contributed by atoms with van der Waals surface area (Å²) in [4.78, 5) is 11.5. The van der Waals surface area contributed by atoms with Crippen LogP contribution in [0.1, 0.15) is 113 Å². The molecule has 0 aromatic heterocycles. The summed E-state index contributed by atoms with van der Waals surface area (Å²) < 4.78 is 29.7. The molecule has 6 fully saturated rings. The number of esters is 1. The average Bonchev–Trinajstić information content (AvgIpc) is 3.52. The highest BCUT2D eigenvalue weighted by atomic mass is 16.8. The molecule has 2 aliphatic heterocycles. The van der Waals surface area contributed by atoms with E-state index in [2.05, 4.69) is 61.1 Å². The van der Waals surface area contributed by atoms with Crippen LogP contribution in [0.15, 0.2) is 23.8 Å². The van der Waals surface area contributed by atoms with Gasteiger partial charge in [-0.25, -0.2) is 0 Å². The van der Waals surface area contributed by atoms with Gasteiger partial charge in [-0.05, 0) is 117 Å². The minimum Gasteiger partial charge on any atom is -0.463 e. The van der Waals surface area contributed by atoms with Crippen LogP contribution in [0.5, 0.6) is 0 Å². The van der Waals surface area contributed by atoms with Gasteiger partial charge in [-0.3, -0.25) is 4.79 Å². The first-order valence-corrected chi connectivity index (χ1v) is 21.4. The molecule has 0 amide bonds. The highest BCUT2D eigenvalue weighted by Crippen LogP contribution is 2.75. The zero-order valence-electron chi connectivity index (χ0n) is 35.4. The molecule has 19 atom stereocenters. The van der Waals surface area contributed by atoms with Crippen molar-refractivity contribution in [3.63, 3.8) is 0 Å². The van der Waals surface area contributed by atoms with Gasteiger partial charge in [0.05, 0.1) is 18.8 Å². The first-order chi connectivity index (χ1) is 26.6. The minimum absolute atomic E-state index is 0.0210. The summed E-state index contributed by atoms with van der Waals surface area (Å²) in [5.74, 6) is 0.343. The number of allylic oxidation sites excluding steroid dienone is 3. The van der Waals surface area contributed by atoms with E-state index < -0.39 is 98.2 Å². The molecule has 0 spiro atoms. The lowest BCUT2D eigenvalue weighted by molar-refractivity contribution is -0.378. The van der Waals surface area contributed by atoms with E-state index in [1.807, 2.05) is 0 Å². The summed E-state index contributed by atoms with van der Waals surface area (Å²) in [5, 5.41) is 76.6. The smallest absolute Gasteiger partial charge is 0.302 e. The number of aliphatic hydroxyl groups is 7. The Bertz CT molecular complexity index is 1480. The van der Waals surface area contributed by atoms with Crippen molar-refractivity contribution in [3.8, 4) is 0 Å². The summed E-state index contributed by atoms with van der Waals surface area (Å²) in [5.41, 5.74) is 2.04. The fraction of sp³-hybridized carbons (Fsp3) is 0.886. The van der Waals surface area contributed by atoms with Gasteiger partial charge in [-0.2, -0.15) is 0 Å². The summed E-state index contributed by atoms with van der Waals surface area (Å²) in [6.45, 7) is 20.7. The molecule has 57 heavy (non-hydrogen) atoms. The molecule has 0 bridgehead atoms. The number of carbonyl (C=O) groups is 1. The number of ether oxygens (including phenoxy) is 5. The largest absolute Gasteiger partial charge is 0.463 e. The zero-order valence-corrected chi connectivity index (χ0v) is 35.4. The molecule has 4 aliphatic carbocycles. The fourth-order valence-electron chi connectivity index (χ4n) is 13.2. The van der Waals surface area contributed by atoms with Crippen LogP contribution in [0.3, 0.4) is 0 Å². The predicted octanol–water partition coefficient (Wildman–Crippen LogP) is 3.53. The molecule has 6 rings (SSSR count). The first kappa shape index (κ1) is 45.0. The van der Waals surface area contributed by atoms with E-state index in [1.54, 1.807) is 0 Å². The van der Waals surface area contributed by atoms with Crippen LogP contribution in [-0.2, 0) is 28.5 Å². The van der Waals surface area contributed by atoms with Crippen molar-refractivity contribution in [2.75, 3.05) is 13.2 Å². The van der Waals surface area contributed by atoms with Gasteiger partial charge in [0.1, 0.15) is 55.4 Å². The number of hydrogen-bond donors (Lipinski definition) is 7. The van der Waals surface area contributed by atoms with E-state index in [9.17, 15) is 40.5 Å². The van der Waals surface area contributed by atoms with Gasteiger partial charge in [0.2, 0.25) is 0 Å². The summed E-state index contributed by atoms with van der Waals surface area (Å²) in [6, 6.07) is 0. The average molecular weight is 809 g/mol. The van der Waals surface area contributed by atoms with Gasteiger partial charge in [-0.15, -0.1) is 0 Å². The van der Waals surface area contributed by atoms with E-state index in [4.69, 9.17) is 23.7 Å². The summed E-state index contributed by atoms with van der Waals surface area (Å²) in [6.07, 6.45) is -5.52. The van der Waals surface area contributed by atoms with Crippen LogP contribution in [0.4, 0.5) is 0 Å². The Kier molecular flexibility index (Phi) is 13.2. The maximum Gasteiger partial charge on any atom is 0.302 e. The second-order valence-corrected chi connectivity index (χ2v) is 20.0. The van der Waals surface area contributed by atoms with Crippen molar-refractivity contribution < 1.29 is 64.2 Å². The van der Waals surface area contributed by atoms with Gasteiger partial charge >= 0.3 is 5.97 Å². The molecule has 6 aliphatic rings. The Morgan fingerprint density at radius 3 is 2.07 bits per heavy atom. The maximum absolute atomic E-state index is 12.2. The molecule has 13 nitrogen and oxygen atoms in total. The second-order valence-electron chi connectivity index (χ2n) is 20.0. The maximum atomic E-state index is 12.2. The van der Waals surface area contributed by atoms with E-state index in [0.29, 0.717) is 12.3 Å². The number of rotatable bonds is 11. The predicted molar refractivity (Wildman–Crippen MR) is 209 cm³/mol.